The van der Waals surface area contributed by atoms with Crippen LogP contribution in [0.4, 0.5) is 4.39 Å². The first-order valence-corrected chi connectivity index (χ1v) is 9.80. The fraction of sp³-hybridized carbons (Fsp3) is 0.524. The van der Waals surface area contributed by atoms with Gasteiger partial charge in [0.25, 0.3) is 5.91 Å². The van der Waals surface area contributed by atoms with E-state index < -0.39 is 0 Å². The van der Waals surface area contributed by atoms with Crippen molar-refractivity contribution in [1.29, 1.82) is 0 Å². The molecular formula is C21H24FN3O2. The van der Waals surface area contributed by atoms with E-state index in [1.807, 2.05) is 6.92 Å². The molecule has 2 saturated heterocycles. The van der Waals surface area contributed by atoms with Crippen LogP contribution in [-0.4, -0.2) is 53.7 Å². The molecule has 1 N–H and O–H groups in total. The number of nitrogens with zero attached hydrogens (tertiary/aromatic N) is 2. The van der Waals surface area contributed by atoms with Crippen LogP contribution in [-0.2, 0) is 4.74 Å². The lowest BCUT2D eigenvalue weighted by Crippen LogP contribution is -2.47. The molecule has 2 aliphatic heterocycles. The Kier molecular flexibility index (Phi) is 4.13. The second-order valence-electron chi connectivity index (χ2n) is 8.20. The van der Waals surface area contributed by atoms with Crippen molar-refractivity contribution in [2.24, 2.45) is 5.92 Å². The molecule has 1 aliphatic carbocycles. The summed E-state index contributed by atoms with van der Waals surface area (Å²) in [5.74, 6) is 0.227. The number of halogens is 1. The Morgan fingerprint density at radius 1 is 1.30 bits per heavy atom. The van der Waals surface area contributed by atoms with Gasteiger partial charge in [-0.05, 0) is 56.4 Å². The summed E-state index contributed by atoms with van der Waals surface area (Å²) in [7, 11) is 0. The molecule has 1 saturated carbocycles. The van der Waals surface area contributed by atoms with E-state index in [-0.39, 0.29) is 17.8 Å². The first kappa shape index (κ1) is 17.1. The van der Waals surface area contributed by atoms with E-state index in [0.717, 1.165) is 37.7 Å². The lowest BCUT2D eigenvalue weighted by Gasteiger charge is -2.35. The average Bonchev–Trinajstić information content (AvgIpc) is 3.41. The second-order valence-corrected chi connectivity index (χ2v) is 8.20. The summed E-state index contributed by atoms with van der Waals surface area (Å²) in [6.45, 7) is 4.45. The molecular weight excluding hydrogens is 345 g/mol. The van der Waals surface area contributed by atoms with Crippen LogP contribution in [0.3, 0.4) is 0 Å². The van der Waals surface area contributed by atoms with Gasteiger partial charge in [0, 0.05) is 36.3 Å². The number of nitrogens with one attached hydrogen (secondary N) is 1. The summed E-state index contributed by atoms with van der Waals surface area (Å²) >= 11 is 0. The van der Waals surface area contributed by atoms with Crippen molar-refractivity contribution in [3.63, 3.8) is 0 Å². The molecule has 3 atom stereocenters. The summed E-state index contributed by atoms with van der Waals surface area (Å²) in [6.07, 6.45) is 3.84. The Labute approximate surface area is 157 Å². The first-order valence-electron chi connectivity index (χ1n) is 9.80. The van der Waals surface area contributed by atoms with E-state index in [2.05, 4.69) is 15.2 Å². The zero-order valence-corrected chi connectivity index (χ0v) is 15.5. The van der Waals surface area contributed by atoms with Gasteiger partial charge in [-0.25, -0.2) is 4.39 Å². The molecule has 27 heavy (non-hydrogen) atoms. The van der Waals surface area contributed by atoms with Gasteiger partial charge >= 0.3 is 0 Å². The van der Waals surface area contributed by atoms with Crippen molar-refractivity contribution in [3.05, 3.63) is 41.3 Å². The number of hydrogen-bond donors (Lipinski definition) is 1. The van der Waals surface area contributed by atoms with Gasteiger partial charge in [0.1, 0.15) is 5.82 Å². The number of aromatic nitrogens is 1. The van der Waals surface area contributed by atoms with Crippen molar-refractivity contribution in [3.8, 4) is 0 Å². The predicted octanol–water partition coefficient (Wildman–Crippen LogP) is 2.66. The zero-order chi connectivity index (χ0) is 18.5. The highest BCUT2D eigenvalue weighted by atomic mass is 19.1. The van der Waals surface area contributed by atoms with Gasteiger partial charge in [0.2, 0.25) is 0 Å². The van der Waals surface area contributed by atoms with E-state index in [1.165, 1.54) is 25.0 Å². The molecule has 0 radical (unpaired) electrons. The van der Waals surface area contributed by atoms with Gasteiger partial charge in [-0.2, -0.15) is 0 Å². The number of benzene rings is 1. The van der Waals surface area contributed by atoms with Gasteiger partial charge in [-0.3, -0.25) is 14.7 Å². The van der Waals surface area contributed by atoms with Crippen LogP contribution in [0.25, 0.3) is 10.9 Å². The van der Waals surface area contributed by atoms with Crippen LogP contribution < -0.4 is 5.32 Å². The highest BCUT2D eigenvalue weighted by Crippen LogP contribution is 2.38. The number of amides is 1. The number of aryl methyl sites for hydroxylation is 1. The van der Waals surface area contributed by atoms with Crippen LogP contribution >= 0.6 is 0 Å². The highest BCUT2D eigenvalue weighted by molar-refractivity contribution is 6.06. The Bertz CT molecular complexity index is 898. The largest absolute Gasteiger partial charge is 0.375 e. The van der Waals surface area contributed by atoms with Gasteiger partial charge < -0.3 is 10.1 Å². The van der Waals surface area contributed by atoms with Crippen molar-refractivity contribution >= 4 is 16.8 Å². The molecule has 0 bridgehead atoms. The quantitative estimate of drug-likeness (QED) is 0.904. The normalized spacial score (nSPS) is 28.3. The van der Waals surface area contributed by atoms with E-state index in [1.54, 1.807) is 12.1 Å². The van der Waals surface area contributed by atoms with Crippen molar-refractivity contribution in [1.82, 2.24) is 15.2 Å². The fourth-order valence-electron chi connectivity index (χ4n) is 4.54. The maximum Gasteiger partial charge on any atom is 0.252 e. The number of ether oxygens (including phenoxy) is 1. The van der Waals surface area contributed by atoms with E-state index in [9.17, 15) is 9.18 Å². The number of fused-ring (bicyclic) bond motifs is 2. The Balaban J connectivity index is 1.32. The number of hydrogen-bond acceptors (Lipinski definition) is 4. The third-order valence-electron chi connectivity index (χ3n) is 6.07. The Hall–Kier alpha value is -2.05. The van der Waals surface area contributed by atoms with E-state index in [4.69, 9.17) is 4.74 Å². The smallest absolute Gasteiger partial charge is 0.252 e. The third-order valence-corrected chi connectivity index (χ3v) is 6.07. The van der Waals surface area contributed by atoms with Crippen LogP contribution in [0.1, 0.15) is 35.3 Å². The SMILES string of the molecule is Cc1cc(C(=O)N[C@H]2C[C@H]3CO[C@@H](C4CC4)CN3C2)c2cc(F)ccc2n1. The molecule has 2 aromatic rings. The standard InChI is InChI=1S/C21H24FN3O2/c1-12-6-18(17-7-14(22)4-5-19(17)23-12)21(26)24-15-8-16-11-27-20(13-2-3-13)10-25(16)9-15/h4-7,13,15-16,20H,2-3,8-11H2,1H3,(H,24,26)/t15-,16-,20+/m0/s1. The molecule has 5 nitrogen and oxygen atoms in total. The zero-order valence-electron chi connectivity index (χ0n) is 15.5. The number of morpholine rings is 1. The second kappa shape index (κ2) is 6.53. The molecule has 3 aliphatic rings. The highest BCUT2D eigenvalue weighted by Gasteiger charge is 2.42. The fourth-order valence-corrected chi connectivity index (χ4v) is 4.54. The maximum absolute atomic E-state index is 13.7. The summed E-state index contributed by atoms with van der Waals surface area (Å²) in [5, 5.41) is 3.72. The molecule has 1 amide bonds. The van der Waals surface area contributed by atoms with Gasteiger partial charge in [0.05, 0.1) is 23.8 Å². The summed E-state index contributed by atoms with van der Waals surface area (Å²) < 4.78 is 19.7. The molecule has 5 rings (SSSR count). The Morgan fingerprint density at radius 3 is 2.96 bits per heavy atom. The number of carbonyl (C=O) groups is 1. The summed E-state index contributed by atoms with van der Waals surface area (Å²) in [6, 6.07) is 6.62. The lowest BCUT2D eigenvalue weighted by molar-refractivity contribution is -0.0581. The van der Waals surface area contributed by atoms with Crippen molar-refractivity contribution in [2.75, 3.05) is 19.7 Å². The minimum Gasteiger partial charge on any atom is -0.375 e. The van der Waals surface area contributed by atoms with Crippen molar-refractivity contribution < 1.29 is 13.9 Å². The molecule has 0 unspecified atom stereocenters. The number of rotatable bonds is 3. The molecule has 3 heterocycles. The van der Waals surface area contributed by atoms with Crippen LogP contribution in [0.2, 0.25) is 0 Å². The number of pyridine rings is 1. The predicted molar refractivity (Wildman–Crippen MR) is 100 cm³/mol. The molecule has 142 valence electrons. The molecule has 6 heteroatoms. The van der Waals surface area contributed by atoms with Crippen LogP contribution in [0.5, 0.6) is 0 Å². The minimum atomic E-state index is -0.358. The van der Waals surface area contributed by atoms with Crippen molar-refractivity contribution in [2.45, 2.75) is 44.4 Å². The Morgan fingerprint density at radius 2 is 2.15 bits per heavy atom. The lowest BCUT2D eigenvalue weighted by atomic mass is 10.1. The van der Waals surface area contributed by atoms with Gasteiger partial charge in [-0.1, -0.05) is 0 Å². The van der Waals surface area contributed by atoms with E-state index >= 15 is 0 Å². The summed E-state index contributed by atoms with van der Waals surface area (Å²) in [4.78, 5) is 19.8. The third kappa shape index (κ3) is 3.32. The van der Waals surface area contributed by atoms with Crippen LogP contribution in [0, 0.1) is 18.7 Å². The summed E-state index contributed by atoms with van der Waals surface area (Å²) in [5.41, 5.74) is 1.89. The monoisotopic (exact) mass is 369 g/mol. The van der Waals surface area contributed by atoms with Gasteiger partial charge in [0.15, 0.2) is 0 Å². The molecule has 3 fully saturated rings. The molecule has 1 aromatic heterocycles. The topological polar surface area (TPSA) is 54.5 Å². The van der Waals surface area contributed by atoms with Gasteiger partial charge in [-0.15, -0.1) is 0 Å². The number of carbonyl (C=O) groups excluding carboxylic acids is 1. The van der Waals surface area contributed by atoms with Crippen LogP contribution in [0.15, 0.2) is 24.3 Å². The maximum atomic E-state index is 13.7. The van der Waals surface area contributed by atoms with E-state index in [0.29, 0.717) is 28.6 Å². The minimum absolute atomic E-state index is 0.0983. The molecule has 1 aromatic carbocycles. The molecule has 0 spiro atoms. The first-order chi connectivity index (χ1) is 13.1. The average molecular weight is 369 g/mol.